The zero-order chi connectivity index (χ0) is 8.27. The van der Waals surface area contributed by atoms with Crippen molar-refractivity contribution in [2.24, 2.45) is 11.5 Å². The van der Waals surface area contributed by atoms with Crippen LogP contribution in [0, 0.1) is 0 Å². The van der Waals surface area contributed by atoms with Gasteiger partial charge < -0.3 is 16.4 Å². The van der Waals surface area contributed by atoms with Crippen LogP contribution < -0.4 is 11.5 Å². The molecule has 4 nitrogen and oxygen atoms in total. The first-order valence-corrected chi connectivity index (χ1v) is 4.00. The average molecular weight is 157 g/mol. The molecule has 0 aromatic rings. The second-order valence-corrected chi connectivity index (χ2v) is 2.86. The van der Waals surface area contributed by atoms with Gasteiger partial charge in [0.05, 0.1) is 6.04 Å². The number of nitrogens with two attached hydrogens (primary N) is 2. The lowest BCUT2D eigenvalue weighted by atomic mass is 10.1. The van der Waals surface area contributed by atoms with E-state index in [2.05, 4.69) is 0 Å². The topological polar surface area (TPSA) is 72.3 Å². The van der Waals surface area contributed by atoms with Crippen LogP contribution in [0.5, 0.6) is 0 Å². The van der Waals surface area contributed by atoms with Crippen molar-refractivity contribution in [1.82, 2.24) is 4.90 Å². The lowest BCUT2D eigenvalue weighted by Crippen LogP contribution is -2.49. The van der Waals surface area contributed by atoms with Crippen LogP contribution >= 0.6 is 0 Å². The van der Waals surface area contributed by atoms with Crippen LogP contribution in [0.2, 0.25) is 0 Å². The number of rotatable bonds is 2. The van der Waals surface area contributed by atoms with Gasteiger partial charge in [0, 0.05) is 19.6 Å². The minimum atomic E-state index is -0.282. The fourth-order valence-electron chi connectivity index (χ4n) is 1.35. The van der Waals surface area contributed by atoms with Crippen LogP contribution in [0.3, 0.4) is 0 Å². The van der Waals surface area contributed by atoms with Gasteiger partial charge >= 0.3 is 0 Å². The lowest BCUT2D eigenvalue weighted by molar-refractivity contribution is -0.134. The van der Waals surface area contributed by atoms with Crippen molar-refractivity contribution in [2.75, 3.05) is 19.6 Å². The third-order valence-electron chi connectivity index (χ3n) is 1.97. The van der Waals surface area contributed by atoms with E-state index in [0.29, 0.717) is 13.1 Å². The number of piperidine rings is 1. The summed E-state index contributed by atoms with van der Waals surface area (Å²) in [6.07, 6.45) is 1.83. The minimum absolute atomic E-state index is 0.0571. The highest BCUT2D eigenvalue weighted by molar-refractivity contribution is 5.82. The Bertz CT molecular complexity index is 147. The molecule has 1 atom stereocenters. The molecule has 4 heteroatoms. The van der Waals surface area contributed by atoms with Gasteiger partial charge in [0.1, 0.15) is 0 Å². The van der Waals surface area contributed by atoms with E-state index >= 15 is 0 Å². The summed E-state index contributed by atoms with van der Waals surface area (Å²) in [5.41, 5.74) is 10.9. The molecule has 1 saturated heterocycles. The van der Waals surface area contributed by atoms with Gasteiger partial charge in [-0.25, -0.2) is 0 Å². The van der Waals surface area contributed by atoms with E-state index in [1.165, 1.54) is 0 Å². The van der Waals surface area contributed by atoms with Gasteiger partial charge in [-0.15, -0.1) is 0 Å². The van der Waals surface area contributed by atoms with Crippen molar-refractivity contribution in [1.29, 1.82) is 0 Å². The van der Waals surface area contributed by atoms with Crippen molar-refractivity contribution in [3.05, 3.63) is 0 Å². The van der Waals surface area contributed by atoms with E-state index in [0.717, 1.165) is 19.4 Å². The summed E-state index contributed by atoms with van der Waals surface area (Å²) >= 11 is 0. The largest absolute Gasteiger partial charge is 0.340 e. The Balaban J connectivity index is 2.44. The van der Waals surface area contributed by atoms with Crippen molar-refractivity contribution in [3.8, 4) is 0 Å². The standard InChI is InChI=1S/C7H15N3O/c8-3-5-10-4-1-2-6(9)7(10)11/h6H,1-5,8-9H2/t6-/m0/s1. The molecule has 0 bridgehead atoms. The van der Waals surface area contributed by atoms with Gasteiger partial charge in [0.2, 0.25) is 5.91 Å². The smallest absolute Gasteiger partial charge is 0.239 e. The fourth-order valence-corrected chi connectivity index (χ4v) is 1.35. The molecule has 1 aliphatic heterocycles. The summed E-state index contributed by atoms with van der Waals surface area (Å²) in [6.45, 7) is 1.99. The van der Waals surface area contributed by atoms with Crippen LogP contribution in [0.4, 0.5) is 0 Å². The Kier molecular flexibility index (Phi) is 2.84. The van der Waals surface area contributed by atoms with Crippen molar-refractivity contribution in [3.63, 3.8) is 0 Å². The van der Waals surface area contributed by atoms with Crippen LogP contribution in [-0.2, 0) is 4.79 Å². The van der Waals surface area contributed by atoms with Gasteiger partial charge in [0.25, 0.3) is 0 Å². The first-order valence-electron chi connectivity index (χ1n) is 4.00. The van der Waals surface area contributed by atoms with E-state index in [9.17, 15) is 4.79 Å². The van der Waals surface area contributed by atoms with Gasteiger partial charge in [-0.2, -0.15) is 0 Å². The van der Waals surface area contributed by atoms with Crippen LogP contribution in [0.15, 0.2) is 0 Å². The molecule has 64 valence electrons. The average Bonchev–Trinajstić information content (AvgIpc) is 1.99. The SMILES string of the molecule is NCCN1CCC[C@H](N)C1=O. The first-order chi connectivity index (χ1) is 5.25. The highest BCUT2D eigenvalue weighted by atomic mass is 16.2. The van der Waals surface area contributed by atoms with Gasteiger partial charge in [-0.1, -0.05) is 0 Å². The quantitative estimate of drug-likeness (QED) is 0.534. The predicted molar refractivity (Wildman–Crippen MR) is 42.8 cm³/mol. The van der Waals surface area contributed by atoms with E-state index in [4.69, 9.17) is 11.5 Å². The van der Waals surface area contributed by atoms with Crippen LogP contribution in [0.1, 0.15) is 12.8 Å². The molecule has 1 aliphatic rings. The molecule has 0 spiro atoms. The summed E-state index contributed by atoms with van der Waals surface area (Å²) in [6, 6.07) is -0.282. The second kappa shape index (κ2) is 3.69. The molecule has 1 fully saturated rings. The molecule has 4 N–H and O–H groups in total. The molecule has 1 heterocycles. The molecular formula is C7H15N3O. The summed E-state index contributed by atoms with van der Waals surface area (Å²) in [7, 11) is 0. The van der Waals surface area contributed by atoms with Crippen molar-refractivity contribution < 1.29 is 4.79 Å². The maximum Gasteiger partial charge on any atom is 0.239 e. The highest BCUT2D eigenvalue weighted by Gasteiger charge is 2.24. The minimum Gasteiger partial charge on any atom is -0.340 e. The fraction of sp³-hybridized carbons (Fsp3) is 0.857. The Morgan fingerprint density at radius 3 is 3.00 bits per heavy atom. The lowest BCUT2D eigenvalue weighted by Gasteiger charge is -2.29. The third-order valence-corrected chi connectivity index (χ3v) is 1.97. The molecular weight excluding hydrogens is 142 g/mol. The maximum absolute atomic E-state index is 11.3. The molecule has 0 saturated carbocycles. The van der Waals surface area contributed by atoms with Gasteiger partial charge in [-0.3, -0.25) is 4.79 Å². The summed E-state index contributed by atoms with van der Waals surface area (Å²) < 4.78 is 0. The zero-order valence-corrected chi connectivity index (χ0v) is 6.62. The number of hydrogen-bond acceptors (Lipinski definition) is 3. The molecule has 0 aliphatic carbocycles. The Morgan fingerprint density at radius 1 is 1.64 bits per heavy atom. The van der Waals surface area contributed by atoms with Gasteiger partial charge in [0.15, 0.2) is 0 Å². The zero-order valence-electron chi connectivity index (χ0n) is 6.62. The van der Waals surface area contributed by atoms with E-state index in [-0.39, 0.29) is 11.9 Å². The van der Waals surface area contributed by atoms with Crippen molar-refractivity contribution >= 4 is 5.91 Å². The number of carbonyl (C=O) groups excluding carboxylic acids is 1. The summed E-state index contributed by atoms with van der Waals surface area (Å²) in [4.78, 5) is 13.0. The predicted octanol–water partition coefficient (Wildman–Crippen LogP) is -1.11. The number of nitrogens with zero attached hydrogens (tertiary/aromatic N) is 1. The summed E-state index contributed by atoms with van der Waals surface area (Å²) in [5, 5.41) is 0. The van der Waals surface area contributed by atoms with E-state index in [1.807, 2.05) is 0 Å². The second-order valence-electron chi connectivity index (χ2n) is 2.86. The monoisotopic (exact) mass is 157 g/mol. The molecule has 1 rings (SSSR count). The number of hydrogen-bond donors (Lipinski definition) is 2. The molecule has 11 heavy (non-hydrogen) atoms. The Hall–Kier alpha value is -0.610. The normalized spacial score (nSPS) is 25.8. The van der Waals surface area contributed by atoms with E-state index in [1.54, 1.807) is 4.90 Å². The maximum atomic E-state index is 11.3. The highest BCUT2D eigenvalue weighted by Crippen LogP contribution is 2.08. The molecule has 0 radical (unpaired) electrons. The van der Waals surface area contributed by atoms with Crippen LogP contribution in [0.25, 0.3) is 0 Å². The number of carbonyl (C=O) groups is 1. The molecule has 1 amide bonds. The van der Waals surface area contributed by atoms with Crippen LogP contribution in [-0.4, -0.2) is 36.5 Å². The van der Waals surface area contributed by atoms with Gasteiger partial charge in [-0.05, 0) is 12.8 Å². The van der Waals surface area contributed by atoms with Crippen molar-refractivity contribution in [2.45, 2.75) is 18.9 Å². The van der Waals surface area contributed by atoms with E-state index < -0.39 is 0 Å². The molecule has 0 aromatic heterocycles. The summed E-state index contributed by atoms with van der Waals surface area (Å²) in [5.74, 6) is 0.0571. The molecule has 0 aromatic carbocycles. The number of likely N-dealkylation sites (tertiary alicyclic amines) is 1. The number of amides is 1. The third kappa shape index (κ3) is 1.91. The first kappa shape index (κ1) is 8.49. The Morgan fingerprint density at radius 2 is 2.36 bits per heavy atom. The Labute approximate surface area is 66.5 Å². The molecule has 0 unspecified atom stereocenters.